The summed E-state index contributed by atoms with van der Waals surface area (Å²) in [6.45, 7) is 1.39. The molecule has 0 saturated carbocycles. The number of rotatable bonds is 8. The zero-order valence-corrected chi connectivity index (χ0v) is 16.5. The molecule has 1 heterocycles. The molecule has 3 rings (SSSR count). The molecule has 0 fully saturated rings. The van der Waals surface area contributed by atoms with E-state index < -0.39 is 20.0 Å². The largest absolute Gasteiger partial charge is 0.338 e. The second kappa shape index (κ2) is 8.09. The van der Waals surface area contributed by atoms with Gasteiger partial charge in [0, 0.05) is 11.3 Å². The van der Waals surface area contributed by atoms with E-state index in [1.54, 1.807) is 49.4 Å². The Bertz CT molecular complexity index is 1140. The summed E-state index contributed by atoms with van der Waals surface area (Å²) in [5.74, 6) is 0.339. The van der Waals surface area contributed by atoms with E-state index in [1.165, 1.54) is 12.1 Å². The summed E-state index contributed by atoms with van der Waals surface area (Å²) in [6.07, 6.45) is 0. The fraction of sp³-hybridized carbons (Fsp3) is 0.176. The average Bonchev–Trinajstić information content (AvgIpc) is 3.17. The Hall–Kier alpha value is -2.76. The minimum absolute atomic E-state index is 0.0260. The van der Waals surface area contributed by atoms with Crippen molar-refractivity contribution >= 4 is 25.7 Å². The number of anilines is 1. The molecule has 0 aliphatic heterocycles. The summed E-state index contributed by atoms with van der Waals surface area (Å²) in [6, 6.07) is 14.4. The Balaban J connectivity index is 1.67. The number of nitrogens with zero attached hydrogens (tertiary/aromatic N) is 2. The van der Waals surface area contributed by atoms with E-state index in [9.17, 15) is 16.8 Å². The number of hydrogen-bond donors (Lipinski definition) is 2. The molecule has 0 bridgehead atoms. The van der Waals surface area contributed by atoms with Gasteiger partial charge in [-0.05, 0) is 43.3 Å². The third-order valence-electron chi connectivity index (χ3n) is 3.73. The highest BCUT2D eigenvalue weighted by Crippen LogP contribution is 2.19. The summed E-state index contributed by atoms with van der Waals surface area (Å²) in [7, 11) is -7.04. The lowest BCUT2D eigenvalue weighted by Gasteiger charge is -2.05. The first kappa shape index (κ1) is 20.0. The van der Waals surface area contributed by atoms with Crippen LogP contribution in [0.4, 0.5) is 5.69 Å². The van der Waals surface area contributed by atoms with Gasteiger partial charge in [0.15, 0.2) is 0 Å². The first-order valence-electron chi connectivity index (χ1n) is 8.27. The fourth-order valence-electron chi connectivity index (χ4n) is 2.22. The molecule has 28 heavy (non-hydrogen) atoms. The van der Waals surface area contributed by atoms with Crippen molar-refractivity contribution in [3.8, 4) is 11.4 Å². The lowest BCUT2D eigenvalue weighted by molar-refractivity contribution is 0.376. The molecule has 0 aliphatic carbocycles. The third kappa shape index (κ3) is 4.94. The molecule has 148 valence electrons. The Morgan fingerprint density at radius 1 is 0.964 bits per heavy atom. The highest BCUT2D eigenvalue weighted by atomic mass is 32.2. The average molecular weight is 422 g/mol. The predicted octanol–water partition coefficient (Wildman–Crippen LogP) is 1.98. The Labute approximate surface area is 162 Å². The summed E-state index contributed by atoms with van der Waals surface area (Å²) in [5.41, 5.74) is 1.02. The predicted molar refractivity (Wildman–Crippen MR) is 103 cm³/mol. The number of sulfonamides is 2. The van der Waals surface area contributed by atoms with Gasteiger partial charge in [0.25, 0.3) is 0 Å². The van der Waals surface area contributed by atoms with Crippen molar-refractivity contribution in [3.05, 3.63) is 60.5 Å². The molecule has 0 spiro atoms. The molecular weight excluding hydrogens is 404 g/mol. The summed E-state index contributed by atoms with van der Waals surface area (Å²) < 4.78 is 57.5. The lowest BCUT2D eigenvalue weighted by Crippen LogP contribution is -2.23. The topological polar surface area (TPSA) is 131 Å². The van der Waals surface area contributed by atoms with Crippen LogP contribution in [-0.4, -0.2) is 32.7 Å². The molecular formula is C17H18N4O5S2. The molecule has 0 unspecified atom stereocenters. The van der Waals surface area contributed by atoms with Gasteiger partial charge in [0.05, 0.1) is 17.2 Å². The van der Waals surface area contributed by atoms with Crippen LogP contribution in [0.5, 0.6) is 0 Å². The Kier molecular flexibility index (Phi) is 5.77. The smallest absolute Gasteiger partial charge is 0.242 e. The molecule has 0 saturated heterocycles. The summed E-state index contributed by atoms with van der Waals surface area (Å²) in [4.78, 5) is 4.29. The number of aromatic nitrogens is 2. The molecule has 1 aromatic heterocycles. The number of nitrogens with one attached hydrogen (secondary N) is 2. The molecule has 2 N–H and O–H groups in total. The highest BCUT2D eigenvalue weighted by molar-refractivity contribution is 7.92. The quantitative estimate of drug-likeness (QED) is 0.567. The van der Waals surface area contributed by atoms with Gasteiger partial charge < -0.3 is 4.52 Å². The first-order valence-corrected chi connectivity index (χ1v) is 11.4. The normalized spacial score (nSPS) is 12.0. The van der Waals surface area contributed by atoms with Crippen molar-refractivity contribution in [1.82, 2.24) is 14.9 Å². The van der Waals surface area contributed by atoms with Crippen LogP contribution in [0.15, 0.2) is 64.0 Å². The van der Waals surface area contributed by atoms with E-state index in [1.807, 2.05) is 0 Å². The van der Waals surface area contributed by atoms with Crippen molar-refractivity contribution in [1.29, 1.82) is 0 Å². The first-order chi connectivity index (χ1) is 13.3. The molecule has 0 radical (unpaired) electrons. The van der Waals surface area contributed by atoms with Crippen molar-refractivity contribution in [2.24, 2.45) is 0 Å². The van der Waals surface area contributed by atoms with Gasteiger partial charge in [-0.1, -0.05) is 23.4 Å². The van der Waals surface area contributed by atoms with Crippen LogP contribution < -0.4 is 9.44 Å². The van der Waals surface area contributed by atoms with E-state index in [2.05, 4.69) is 19.6 Å². The maximum absolute atomic E-state index is 12.2. The van der Waals surface area contributed by atoms with Gasteiger partial charge in [0.2, 0.25) is 31.8 Å². The van der Waals surface area contributed by atoms with Crippen LogP contribution in [-0.2, 0) is 26.6 Å². The van der Waals surface area contributed by atoms with Crippen molar-refractivity contribution in [2.75, 3.05) is 10.5 Å². The van der Waals surface area contributed by atoms with Gasteiger partial charge in [0.1, 0.15) is 0 Å². The summed E-state index contributed by atoms with van der Waals surface area (Å²) >= 11 is 0. The van der Waals surface area contributed by atoms with Crippen LogP contribution in [0.25, 0.3) is 11.4 Å². The van der Waals surface area contributed by atoms with Crippen molar-refractivity contribution < 1.29 is 21.4 Å². The maximum atomic E-state index is 12.2. The molecule has 3 aromatic rings. The van der Waals surface area contributed by atoms with Gasteiger partial charge in [-0.25, -0.2) is 21.6 Å². The SMILES string of the molecule is CCS(=O)(=O)Nc1ccc(-c2noc(CNS(=O)(=O)c3ccccc3)n2)cc1. The fourth-order valence-corrected chi connectivity index (χ4v) is 3.86. The minimum atomic E-state index is -3.68. The minimum Gasteiger partial charge on any atom is -0.338 e. The van der Waals surface area contributed by atoms with Crippen molar-refractivity contribution in [2.45, 2.75) is 18.4 Å². The van der Waals surface area contributed by atoms with E-state index in [4.69, 9.17) is 4.52 Å². The van der Waals surface area contributed by atoms with Gasteiger partial charge in [-0.3, -0.25) is 4.72 Å². The van der Waals surface area contributed by atoms with Crippen LogP contribution >= 0.6 is 0 Å². The lowest BCUT2D eigenvalue weighted by atomic mass is 10.2. The van der Waals surface area contributed by atoms with Crippen LogP contribution in [0.3, 0.4) is 0 Å². The van der Waals surface area contributed by atoms with Crippen LogP contribution in [0.2, 0.25) is 0 Å². The van der Waals surface area contributed by atoms with E-state index in [0.717, 1.165) is 0 Å². The van der Waals surface area contributed by atoms with Gasteiger partial charge >= 0.3 is 0 Å². The zero-order chi connectivity index (χ0) is 20.2. The molecule has 0 atom stereocenters. The summed E-state index contributed by atoms with van der Waals surface area (Å²) in [5, 5.41) is 3.82. The second-order valence-corrected chi connectivity index (χ2v) is 9.51. The second-order valence-electron chi connectivity index (χ2n) is 5.73. The maximum Gasteiger partial charge on any atom is 0.242 e. The van der Waals surface area contributed by atoms with Crippen LogP contribution in [0, 0.1) is 0 Å². The van der Waals surface area contributed by atoms with E-state index in [-0.39, 0.29) is 28.9 Å². The number of benzene rings is 2. The van der Waals surface area contributed by atoms with Crippen molar-refractivity contribution in [3.63, 3.8) is 0 Å². The molecule has 0 amide bonds. The number of hydrogen-bond acceptors (Lipinski definition) is 7. The van der Waals surface area contributed by atoms with Crippen LogP contribution in [0.1, 0.15) is 12.8 Å². The molecule has 2 aromatic carbocycles. The van der Waals surface area contributed by atoms with Gasteiger partial charge in [-0.2, -0.15) is 4.98 Å². The standard InChI is InChI=1S/C17H18N4O5S2/c1-2-27(22,23)21-14-10-8-13(9-11-14)17-19-16(26-20-17)12-18-28(24,25)15-6-4-3-5-7-15/h3-11,18,21H,2,12H2,1H3. The monoisotopic (exact) mass is 422 g/mol. The third-order valence-corrected chi connectivity index (χ3v) is 6.46. The zero-order valence-electron chi connectivity index (χ0n) is 14.9. The molecule has 9 nitrogen and oxygen atoms in total. The van der Waals surface area contributed by atoms with Gasteiger partial charge in [-0.15, -0.1) is 0 Å². The van der Waals surface area contributed by atoms with E-state index >= 15 is 0 Å². The Morgan fingerprint density at radius 2 is 1.64 bits per heavy atom. The molecule has 0 aliphatic rings. The van der Waals surface area contributed by atoms with E-state index in [0.29, 0.717) is 11.3 Å². The molecule has 11 heteroatoms. The Morgan fingerprint density at radius 3 is 2.29 bits per heavy atom. The highest BCUT2D eigenvalue weighted by Gasteiger charge is 2.16.